The van der Waals surface area contributed by atoms with E-state index in [0.717, 1.165) is 10.5 Å². The molecule has 0 aromatic heterocycles. The van der Waals surface area contributed by atoms with E-state index in [2.05, 4.69) is 51.1 Å². The molecule has 0 saturated heterocycles. The lowest BCUT2D eigenvalue weighted by molar-refractivity contribution is 0.686. The van der Waals surface area contributed by atoms with E-state index < -0.39 is 10.8 Å². The Hall–Kier alpha value is -1.06. The SMILES string of the molecule is Cc1cc(S(C)=O)c(C)c(C)c1Sc1ccccc1. The molecule has 2 rings (SSSR count). The number of rotatable bonds is 3. The van der Waals surface area contributed by atoms with Crippen LogP contribution in [0.5, 0.6) is 0 Å². The van der Waals surface area contributed by atoms with Crippen LogP contribution < -0.4 is 0 Å². The molecule has 0 aliphatic heterocycles. The minimum Gasteiger partial charge on any atom is -0.255 e. The second-order valence-corrected chi connectivity index (χ2v) is 7.07. The molecular weight excluding hydrogens is 272 g/mol. The van der Waals surface area contributed by atoms with Crippen molar-refractivity contribution >= 4 is 22.6 Å². The maximum Gasteiger partial charge on any atom is 0.0501 e. The summed E-state index contributed by atoms with van der Waals surface area (Å²) in [6, 6.07) is 12.4. The average Bonchev–Trinajstić information content (AvgIpc) is 2.40. The first-order chi connectivity index (χ1) is 9.00. The average molecular weight is 290 g/mol. The molecule has 0 fully saturated rings. The van der Waals surface area contributed by atoms with Crippen molar-refractivity contribution in [1.82, 2.24) is 0 Å². The zero-order valence-electron chi connectivity index (χ0n) is 11.7. The van der Waals surface area contributed by atoms with Gasteiger partial charge in [0.25, 0.3) is 0 Å². The first-order valence-corrected chi connectivity index (χ1v) is 8.55. The quantitative estimate of drug-likeness (QED) is 0.828. The van der Waals surface area contributed by atoms with Crippen LogP contribution in [-0.4, -0.2) is 10.5 Å². The van der Waals surface area contributed by atoms with Crippen molar-refractivity contribution in [3.05, 3.63) is 53.1 Å². The van der Waals surface area contributed by atoms with Gasteiger partial charge in [0.2, 0.25) is 0 Å². The summed E-state index contributed by atoms with van der Waals surface area (Å²) in [5.74, 6) is 0. The maximum absolute atomic E-state index is 11.7. The van der Waals surface area contributed by atoms with Gasteiger partial charge in [-0.3, -0.25) is 4.21 Å². The van der Waals surface area contributed by atoms with Crippen LogP contribution in [0.1, 0.15) is 16.7 Å². The lowest BCUT2D eigenvalue weighted by Crippen LogP contribution is -1.98. The Morgan fingerprint density at radius 2 is 1.63 bits per heavy atom. The molecule has 0 N–H and O–H groups in total. The third-order valence-corrected chi connectivity index (χ3v) is 5.63. The monoisotopic (exact) mass is 290 g/mol. The Bertz CT molecular complexity index is 618. The van der Waals surface area contributed by atoms with Crippen LogP contribution in [-0.2, 0) is 10.8 Å². The van der Waals surface area contributed by atoms with Gasteiger partial charge in [-0.1, -0.05) is 30.0 Å². The highest BCUT2D eigenvalue weighted by Crippen LogP contribution is 2.36. The molecule has 0 saturated carbocycles. The summed E-state index contributed by atoms with van der Waals surface area (Å²) in [6.07, 6.45) is 1.74. The molecule has 1 nitrogen and oxygen atoms in total. The topological polar surface area (TPSA) is 17.1 Å². The Labute approximate surface area is 121 Å². The molecule has 100 valence electrons. The van der Waals surface area contributed by atoms with E-state index in [1.165, 1.54) is 20.9 Å². The molecule has 0 aliphatic rings. The normalized spacial score (nSPS) is 12.4. The molecule has 1 atom stereocenters. The summed E-state index contributed by atoms with van der Waals surface area (Å²) in [5.41, 5.74) is 3.58. The van der Waals surface area contributed by atoms with Crippen LogP contribution in [0, 0.1) is 20.8 Å². The largest absolute Gasteiger partial charge is 0.255 e. The summed E-state index contributed by atoms with van der Waals surface area (Å²) in [4.78, 5) is 3.46. The van der Waals surface area contributed by atoms with E-state index >= 15 is 0 Å². The fourth-order valence-corrected chi connectivity index (χ4v) is 4.07. The fraction of sp³-hybridized carbons (Fsp3) is 0.250. The smallest absolute Gasteiger partial charge is 0.0501 e. The summed E-state index contributed by atoms with van der Waals surface area (Å²) >= 11 is 1.78. The highest BCUT2D eigenvalue weighted by Gasteiger charge is 2.13. The third kappa shape index (κ3) is 3.10. The van der Waals surface area contributed by atoms with Gasteiger partial charge >= 0.3 is 0 Å². The van der Waals surface area contributed by atoms with Gasteiger partial charge in [0.15, 0.2) is 0 Å². The second kappa shape index (κ2) is 5.93. The number of hydrogen-bond acceptors (Lipinski definition) is 2. The molecule has 0 heterocycles. The summed E-state index contributed by atoms with van der Waals surface area (Å²) in [6.45, 7) is 6.26. The van der Waals surface area contributed by atoms with E-state index in [0.29, 0.717) is 0 Å². The predicted molar refractivity (Wildman–Crippen MR) is 83.6 cm³/mol. The molecular formula is C16H18OS2. The van der Waals surface area contributed by atoms with Gasteiger partial charge in [0.1, 0.15) is 0 Å². The van der Waals surface area contributed by atoms with Crippen molar-refractivity contribution in [1.29, 1.82) is 0 Å². The number of benzene rings is 2. The minimum atomic E-state index is -0.925. The highest BCUT2D eigenvalue weighted by atomic mass is 32.2. The van der Waals surface area contributed by atoms with Crippen LogP contribution in [0.25, 0.3) is 0 Å². The molecule has 0 amide bonds. The Kier molecular flexibility index (Phi) is 4.48. The van der Waals surface area contributed by atoms with Gasteiger partial charge in [-0.15, -0.1) is 0 Å². The highest BCUT2D eigenvalue weighted by molar-refractivity contribution is 7.99. The zero-order valence-corrected chi connectivity index (χ0v) is 13.3. The number of hydrogen-bond donors (Lipinski definition) is 0. The predicted octanol–water partition coefficient (Wildman–Crippen LogP) is 4.50. The van der Waals surface area contributed by atoms with Crippen LogP contribution in [0.3, 0.4) is 0 Å². The summed E-state index contributed by atoms with van der Waals surface area (Å²) in [7, 11) is -0.925. The van der Waals surface area contributed by atoms with Crippen molar-refractivity contribution in [3.8, 4) is 0 Å². The van der Waals surface area contributed by atoms with Crippen molar-refractivity contribution in [2.75, 3.05) is 6.26 Å². The fourth-order valence-electron chi connectivity index (χ4n) is 2.08. The van der Waals surface area contributed by atoms with E-state index in [4.69, 9.17) is 0 Å². The van der Waals surface area contributed by atoms with E-state index in [-0.39, 0.29) is 0 Å². The Morgan fingerprint density at radius 1 is 1.00 bits per heavy atom. The van der Waals surface area contributed by atoms with Gasteiger partial charge in [-0.25, -0.2) is 0 Å². The van der Waals surface area contributed by atoms with Crippen molar-refractivity contribution < 1.29 is 4.21 Å². The molecule has 19 heavy (non-hydrogen) atoms. The summed E-state index contributed by atoms with van der Waals surface area (Å²) in [5, 5.41) is 0. The van der Waals surface area contributed by atoms with Crippen LogP contribution >= 0.6 is 11.8 Å². The minimum absolute atomic E-state index is 0.925. The molecule has 0 bridgehead atoms. The number of aryl methyl sites for hydroxylation is 1. The Balaban J connectivity index is 2.48. The lowest BCUT2D eigenvalue weighted by atomic mass is 10.1. The zero-order chi connectivity index (χ0) is 14.0. The molecule has 0 radical (unpaired) electrons. The Morgan fingerprint density at radius 3 is 2.21 bits per heavy atom. The van der Waals surface area contributed by atoms with E-state index in [1.807, 2.05) is 6.07 Å². The van der Waals surface area contributed by atoms with Crippen LogP contribution in [0.4, 0.5) is 0 Å². The van der Waals surface area contributed by atoms with Gasteiger partial charge in [0, 0.05) is 20.9 Å². The van der Waals surface area contributed by atoms with Gasteiger partial charge in [0.05, 0.1) is 10.8 Å². The third-order valence-electron chi connectivity index (χ3n) is 3.25. The second-order valence-electron chi connectivity index (χ2n) is 4.64. The molecule has 1 unspecified atom stereocenters. The van der Waals surface area contributed by atoms with Crippen molar-refractivity contribution in [2.45, 2.75) is 35.5 Å². The van der Waals surface area contributed by atoms with Gasteiger partial charge < -0.3 is 0 Å². The van der Waals surface area contributed by atoms with Crippen LogP contribution in [0.15, 0.2) is 51.1 Å². The standard InChI is InChI=1S/C16H18OS2/c1-11-10-15(19(4)17)12(2)13(3)16(11)18-14-8-6-5-7-9-14/h5-10H,1-4H3. The van der Waals surface area contributed by atoms with Gasteiger partial charge in [-0.2, -0.15) is 0 Å². The molecule has 3 heteroatoms. The molecule has 0 spiro atoms. The van der Waals surface area contributed by atoms with Crippen molar-refractivity contribution in [3.63, 3.8) is 0 Å². The van der Waals surface area contributed by atoms with E-state index in [1.54, 1.807) is 18.0 Å². The first-order valence-electron chi connectivity index (χ1n) is 6.18. The molecule has 2 aromatic rings. The van der Waals surface area contributed by atoms with Crippen molar-refractivity contribution in [2.24, 2.45) is 0 Å². The molecule has 2 aromatic carbocycles. The maximum atomic E-state index is 11.7. The van der Waals surface area contributed by atoms with Crippen LogP contribution in [0.2, 0.25) is 0 Å². The van der Waals surface area contributed by atoms with E-state index in [9.17, 15) is 4.21 Å². The first kappa shape index (κ1) is 14.4. The lowest BCUT2D eigenvalue weighted by Gasteiger charge is -2.15. The molecule has 0 aliphatic carbocycles. The summed E-state index contributed by atoms with van der Waals surface area (Å²) < 4.78 is 11.7. The van der Waals surface area contributed by atoms with Gasteiger partial charge in [-0.05, 0) is 55.7 Å².